The van der Waals surface area contributed by atoms with E-state index >= 15 is 0 Å². The number of rotatable bonds is 5. The summed E-state index contributed by atoms with van der Waals surface area (Å²) in [7, 11) is 0. The Kier molecular flexibility index (Phi) is 5.13. The van der Waals surface area contributed by atoms with E-state index in [1.807, 2.05) is 23.1 Å². The fourth-order valence-electron chi connectivity index (χ4n) is 3.19. The molecule has 1 aromatic heterocycles. The molecule has 1 aliphatic heterocycles. The lowest BCUT2D eigenvalue weighted by Crippen LogP contribution is -2.55. The van der Waals surface area contributed by atoms with Crippen LogP contribution in [0.25, 0.3) is 0 Å². The summed E-state index contributed by atoms with van der Waals surface area (Å²) in [5.74, 6) is -0.0142. The molecule has 1 aromatic carbocycles. The molecule has 6 heteroatoms. The maximum atomic E-state index is 12.8. The molecule has 0 aliphatic carbocycles. The van der Waals surface area contributed by atoms with E-state index in [9.17, 15) is 9.18 Å². The van der Waals surface area contributed by atoms with Crippen molar-refractivity contribution in [2.75, 3.05) is 31.2 Å². The molecular formula is C18H23FN4O. The zero-order chi connectivity index (χ0) is 16.9. The number of carbonyl (C=O) groups excluding carboxylic acids is 1. The molecule has 0 N–H and O–H groups in total. The SMILES string of the molecule is CCC1CN(c2ccccc2)CCN1C(=O)c1cnn(CCF)c1. The predicted octanol–water partition coefficient (Wildman–Crippen LogP) is 2.59. The fraction of sp³-hybridized carbons (Fsp3) is 0.444. The Morgan fingerprint density at radius 1 is 1.29 bits per heavy atom. The molecular weight excluding hydrogens is 307 g/mol. The average Bonchev–Trinajstić information content (AvgIpc) is 3.10. The number of hydrogen-bond donors (Lipinski definition) is 0. The maximum absolute atomic E-state index is 12.8. The van der Waals surface area contributed by atoms with Gasteiger partial charge in [0.1, 0.15) is 6.67 Å². The Hall–Kier alpha value is -2.37. The van der Waals surface area contributed by atoms with Crippen LogP contribution in [0.1, 0.15) is 23.7 Å². The maximum Gasteiger partial charge on any atom is 0.257 e. The number of alkyl halides is 1. The predicted molar refractivity (Wildman–Crippen MR) is 92.0 cm³/mol. The third-order valence-electron chi connectivity index (χ3n) is 4.53. The molecule has 2 heterocycles. The minimum Gasteiger partial charge on any atom is -0.368 e. The smallest absolute Gasteiger partial charge is 0.257 e. The van der Waals surface area contributed by atoms with Crippen molar-refractivity contribution in [2.24, 2.45) is 0 Å². The molecule has 3 rings (SSSR count). The van der Waals surface area contributed by atoms with Gasteiger partial charge in [0, 0.05) is 37.6 Å². The number of carbonyl (C=O) groups is 1. The lowest BCUT2D eigenvalue weighted by atomic mass is 10.1. The molecule has 2 aromatic rings. The van der Waals surface area contributed by atoms with Crippen LogP contribution in [0, 0.1) is 0 Å². The van der Waals surface area contributed by atoms with Gasteiger partial charge >= 0.3 is 0 Å². The first kappa shape index (κ1) is 16.5. The standard InChI is InChI=1S/C18H23FN4O/c1-2-16-14-21(17-6-4-3-5-7-17)10-11-23(16)18(24)15-12-20-22(13-15)9-8-19/h3-7,12-13,16H,2,8-11,14H2,1H3. The Labute approximate surface area is 141 Å². The molecule has 1 unspecified atom stereocenters. The Morgan fingerprint density at radius 3 is 2.79 bits per heavy atom. The van der Waals surface area contributed by atoms with Crippen LogP contribution in [-0.2, 0) is 6.54 Å². The van der Waals surface area contributed by atoms with Crippen LogP contribution in [0.3, 0.4) is 0 Å². The average molecular weight is 330 g/mol. The lowest BCUT2D eigenvalue weighted by molar-refractivity contribution is 0.0651. The zero-order valence-electron chi connectivity index (χ0n) is 13.9. The topological polar surface area (TPSA) is 41.4 Å². The number of benzene rings is 1. The molecule has 1 saturated heterocycles. The zero-order valence-corrected chi connectivity index (χ0v) is 13.9. The van der Waals surface area contributed by atoms with Gasteiger partial charge in [0.2, 0.25) is 0 Å². The summed E-state index contributed by atoms with van der Waals surface area (Å²) in [6.45, 7) is 4.12. The third-order valence-corrected chi connectivity index (χ3v) is 4.53. The van der Waals surface area contributed by atoms with Gasteiger partial charge in [0.05, 0.1) is 18.3 Å². The molecule has 1 atom stereocenters. The van der Waals surface area contributed by atoms with Gasteiger partial charge in [-0.2, -0.15) is 5.10 Å². The number of piperazine rings is 1. The molecule has 128 valence electrons. The van der Waals surface area contributed by atoms with E-state index in [0.29, 0.717) is 12.1 Å². The summed E-state index contributed by atoms with van der Waals surface area (Å²) in [5.41, 5.74) is 1.73. The van der Waals surface area contributed by atoms with Crippen LogP contribution in [0.4, 0.5) is 10.1 Å². The second kappa shape index (κ2) is 7.47. The van der Waals surface area contributed by atoms with Gasteiger partial charge in [-0.15, -0.1) is 0 Å². The lowest BCUT2D eigenvalue weighted by Gasteiger charge is -2.42. The first-order chi connectivity index (χ1) is 11.7. The number of aryl methyl sites for hydroxylation is 1. The molecule has 24 heavy (non-hydrogen) atoms. The van der Waals surface area contributed by atoms with E-state index in [1.165, 1.54) is 16.6 Å². The highest BCUT2D eigenvalue weighted by molar-refractivity contribution is 5.94. The highest BCUT2D eigenvalue weighted by atomic mass is 19.1. The van der Waals surface area contributed by atoms with E-state index in [0.717, 1.165) is 19.5 Å². The molecule has 0 saturated carbocycles. The van der Waals surface area contributed by atoms with Gasteiger partial charge in [-0.3, -0.25) is 9.48 Å². The van der Waals surface area contributed by atoms with Crippen LogP contribution in [0.5, 0.6) is 0 Å². The van der Waals surface area contributed by atoms with Crippen molar-refractivity contribution in [1.82, 2.24) is 14.7 Å². The second-order valence-corrected chi connectivity index (χ2v) is 6.02. The van der Waals surface area contributed by atoms with Crippen LogP contribution in [0.2, 0.25) is 0 Å². The number of amides is 1. The van der Waals surface area contributed by atoms with Crippen LogP contribution in [0.15, 0.2) is 42.7 Å². The van der Waals surface area contributed by atoms with Crippen LogP contribution < -0.4 is 4.90 Å². The van der Waals surface area contributed by atoms with Crippen molar-refractivity contribution in [3.8, 4) is 0 Å². The monoisotopic (exact) mass is 330 g/mol. The van der Waals surface area contributed by atoms with Crippen molar-refractivity contribution < 1.29 is 9.18 Å². The summed E-state index contributed by atoms with van der Waals surface area (Å²) in [4.78, 5) is 17.0. The molecule has 5 nitrogen and oxygen atoms in total. The van der Waals surface area contributed by atoms with Crippen molar-refractivity contribution >= 4 is 11.6 Å². The minimum absolute atomic E-state index is 0.0142. The van der Waals surface area contributed by atoms with Gasteiger partial charge in [0.15, 0.2) is 0 Å². The second-order valence-electron chi connectivity index (χ2n) is 6.02. The van der Waals surface area contributed by atoms with E-state index < -0.39 is 6.67 Å². The molecule has 0 bridgehead atoms. The summed E-state index contributed by atoms with van der Waals surface area (Å²) in [5, 5.41) is 4.05. The molecule has 1 amide bonds. The van der Waals surface area contributed by atoms with E-state index in [1.54, 1.807) is 6.20 Å². The summed E-state index contributed by atoms with van der Waals surface area (Å²) in [6.07, 6.45) is 4.07. The number of halogens is 1. The number of para-hydroxylation sites is 1. The van der Waals surface area contributed by atoms with Gasteiger partial charge in [-0.1, -0.05) is 25.1 Å². The van der Waals surface area contributed by atoms with Crippen molar-refractivity contribution in [1.29, 1.82) is 0 Å². The van der Waals surface area contributed by atoms with Crippen molar-refractivity contribution in [3.63, 3.8) is 0 Å². The van der Waals surface area contributed by atoms with Gasteiger partial charge in [-0.25, -0.2) is 4.39 Å². The number of nitrogens with zero attached hydrogens (tertiary/aromatic N) is 4. The quantitative estimate of drug-likeness (QED) is 0.846. The van der Waals surface area contributed by atoms with E-state index in [-0.39, 0.29) is 18.5 Å². The highest BCUT2D eigenvalue weighted by Crippen LogP contribution is 2.21. The van der Waals surface area contributed by atoms with Crippen molar-refractivity contribution in [3.05, 3.63) is 48.3 Å². The van der Waals surface area contributed by atoms with Crippen LogP contribution in [-0.4, -0.2) is 52.9 Å². The molecule has 0 spiro atoms. The van der Waals surface area contributed by atoms with E-state index in [4.69, 9.17) is 0 Å². The molecule has 1 fully saturated rings. The number of hydrogen-bond acceptors (Lipinski definition) is 3. The Morgan fingerprint density at radius 2 is 2.08 bits per heavy atom. The van der Waals surface area contributed by atoms with Gasteiger partial charge in [0.25, 0.3) is 5.91 Å². The van der Waals surface area contributed by atoms with Crippen LogP contribution >= 0.6 is 0 Å². The normalized spacial score (nSPS) is 18.0. The molecule has 0 radical (unpaired) electrons. The van der Waals surface area contributed by atoms with Crippen molar-refractivity contribution in [2.45, 2.75) is 25.9 Å². The first-order valence-electron chi connectivity index (χ1n) is 8.42. The summed E-state index contributed by atoms with van der Waals surface area (Å²) >= 11 is 0. The summed E-state index contributed by atoms with van der Waals surface area (Å²) in [6, 6.07) is 10.4. The van der Waals surface area contributed by atoms with E-state index in [2.05, 4.69) is 29.1 Å². The Balaban J connectivity index is 1.71. The molecule has 1 aliphatic rings. The summed E-state index contributed by atoms with van der Waals surface area (Å²) < 4.78 is 13.9. The number of aromatic nitrogens is 2. The van der Waals surface area contributed by atoms with Gasteiger partial charge < -0.3 is 9.80 Å². The minimum atomic E-state index is -0.483. The third kappa shape index (κ3) is 3.42. The van der Waals surface area contributed by atoms with Gasteiger partial charge in [-0.05, 0) is 18.6 Å². The number of anilines is 1. The highest BCUT2D eigenvalue weighted by Gasteiger charge is 2.30. The fourth-order valence-corrected chi connectivity index (χ4v) is 3.19. The Bertz CT molecular complexity index is 673. The largest absolute Gasteiger partial charge is 0.368 e. The first-order valence-corrected chi connectivity index (χ1v) is 8.42.